The summed E-state index contributed by atoms with van der Waals surface area (Å²) in [6, 6.07) is 5.28. The van der Waals surface area contributed by atoms with Gasteiger partial charge in [-0.1, -0.05) is 25.1 Å². The molecular weight excluding hydrogens is 191 g/mol. The SMILES string of the molecule is CC(CN)c1cccc(C(F)(F)F)c1. The number of rotatable bonds is 2. The summed E-state index contributed by atoms with van der Waals surface area (Å²) < 4.78 is 36.9. The van der Waals surface area contributed by atoms with E-state index in [1.165, 1.54) is 6.07 Å². The maximum Gasteiger partial charge on any atom is 0.416 e. The molecule has 78 valence electrons. The molecule has 0 saturated carbocycles. The quantitative estimate of drug-likeness (QED) is 0.785. The number of nitrogens with two attached hydrogens (primary N) is 1. The van der Waals surface area contributed by atoms with Gasteiger partial charge in [-0.2, -0.15) is 13.2 Å². The van der Waals surface area contributed by atoms with Gasteiger partial charge in [0.25, 0.3) is 0 Å². The van der Waals surface area contributed by atoms with E-state index in [2.05, 4.69) is 0 Å². The first kappa shape index (κ1) is 11.0. The molecule has 0 fully saturated rings. The van der Waals surface area contributed by atoms with E-state index < -0.39 is 11.7 Å². The zero-order chi connectivity index (χ0) is 10.8. The molecule has 1 nitrogen and oxygen atoms in total. The molecule has 14 heavy (non-hydrogen) atoms. The Bertz CT molecular complexity index is 306. The Morgan fingerprint density at radius 3 is 2.50 bits per heavy atom. The van der Waals surface area contributed by atoms with Gasteiger partial charge in [0.15, 0.2) is 0 Å². The molecule has 0 amide bonds. The molecule has 4 heteroatoms. The largest absolute Gasteiger partial charge is 0.416 e. The van der Waals surface area contributed by atoms with E-state index in [1.54, 1.807) is 13.0 Å². The van der Waals surface area contributed by atoms with Gasteiger partial charge in [-0.15, -0.1) is 0 Å². The van der Waals surface area contributed by atoms with E-state index in [4.69, 9.17) is 5.73 Å². The third-order valence-corrected chi connectivity index (χ3v) is 2.14. The Morgan fingerprint density at radius 1 is 1.36 bits per heavy atom. The molecule has 0 aliphatic carbocycles. The van der Waals surface area contributed by atoms with Crippen LogP contribution >= 0.6 is 0 Å². The molecule has 1 aromatic rings. The summed E-state index contributed by atoms with van der Waals surface area (Å²) in [5.74, 6) is -0.0442. The van der Waals surface area contributed by atoms with Gasteiger partial charge in [0.05, 0.1) is 5.56 Å². The molecule has 0 radical (unpaired) electrons. The highest BCUT2D eigenvalue weighted by Crippen LogP contribution is 2.30. The van der Waals surface area contributed by atoms with Crippen LogP contribution in [-0.4, -0.2) is 6.54 Å². The minimum atomic E-state index is -4.27. The summed E-state index contributed by atoms with van der Waals surface area (Å²) in [6.07, 6.45) is -4.27. The Labute approximate surface area is 80.7 Å². The number of hydrogen-bond acceptors (Lipinski definition) is 1. The van der Waals surface area contributed by atoms with Crippen molar-refractivity contribution in [3.8, 4) is 0 Å². The summed E-state index contributed by atoms with van der Waals surface area (Å²) in [7, 11) is 0. The van der Waals surface area contributed by atoms with Crippen LogP contribution in [0.5, 0.6) is 0 Å². The predicted molar refractivity (Wildman–Crippen MR) is 48.9 cm³/mol. The van der Waals surface area contributed by atoms with Crippen LogP contribution < -0.4 is 5.73 Å². The maximum absolute atomic E-state index is 12.3. The van der Waals surface area contributed by atoms with Crippen LogP contribution in [0.1, 0.15) is 24.0 Å². The fraction of sp³-hybridized carbons (Fsp3) is 0.400. The Morgan fingerprint density at radius 2 is 2.00 bits per heavy atom. The average molecular weight is 203 g/mol. The second kappa shape index (κ2) is 4.00. The molecule has 0 aliphatic rings. The number of hydrogen-bond donors (Lipinski definition) is 1. The molecule has 1 atom stereocenters. The summed E-state index contributed by atoms with van der Waals surface area (Å²) in [5, 5.41) is 0. The molecule has 0 heterocycles. The van der Waals surface area contributed by atoms with Crippen molar-refractivity contribution in [3.05, 3.63) is 35.4 Å². The van der Waals surface area contributed by atoms with Crippen LogP contribution in [0.4, 0.5) is 13.2 Å². The van der Waals surface area contributed by atoms with Gasteiger partial charge in [0, 0.05) is 0 Å². The topological polar surface area (TPSA) is 26.0 Å². The average Bonchev–Trinajstić information content (AvgIpc) is 2.15. The van der Waals surface area contributed by atoms with Crippen molar-refractivity contribution >= 4 is 0 Å². The third kappa shape index (κ3) is 2.48. The normalized spacial score (nSPS) is 14.1. The fourth-order valence-electron chi connectivity index (χ4n) is 1.16. The smallest absolute Gasteiger partial charge is 0.330 e. The van der Waals surface area contributed by atoms with Gasteiger partial charge in [0.1, 0.15) is 0 Å². The van der Waals surface area contributed by atoms with E-state index in [-0.39, 0.29) is 5.92 Å². The summed E-state index contributed by atoms with van der Waals surface area (Å²) in [4.78, 5) is 0. The van der Waals surface area contributed by atoms with Crippen molar-refractivity contribution in [1.29, 1.82) is 0 Å². The van der Waals surface area contributed by atoms with E-state index in [0.29, 0.717) is 12.1 Å². The molecule has 1 unspecified atom stereocenters. The minimum Gasteiger partial charge on any atom is -0.330 e. The van der Waals surface area contributed by atoms with Crippen LogP contribution in [0.2, 0.25) is 0 Å². The van der Waals surface area contributed by atoms with Gasteiger partial charge in [-0.05, 0) is 24.1 Å². The second-order valence-electron chi connectivity index (χ2n) is 3.26. The minimum absolute atomic E-state index is 0.0442. The summed E-state index contributed by atoms with van der Waals surface area (Å²) in [6.45, 7) is 2.15. The maximum atomic E-state index is 12.3. The van der Waals surface area contributed by atoms with Crippen LogP contribution in [0, 0.1) is 0 Å². The van der Waals surface area contributed by atoms with Crippen molar-refractivity contribution in [3.63, 3.8) is 0 Å². The molecule has 0 spiro atoms. The summed E-state index contributed by atoms with van der Waals surface area (Å²) >= 11 is 0. The molecule has 0 bridgehead atoms. The molecular formula is C10H12F3N. The van der Waals surface area contributed by atoms with Crippen molar-refractivity contribution in [2.75, 3.05) is 6.54 Å². The zero-order valence-corrected chi connectivity index (χ0v) is 7.81. The first-order chi connectivity index (χ1) is 6.45. The van der Waals surface area contributed by atoms with E-state index in [0.717, 1.165) is 12.1 Å². The lowest BCUT2D eigenvalue weighted by atomic mass is 9.99. The van der Waals surface area contributed by atoms with Gasteiger partial charge >= 0.3 is 6.18 Å². The highest BCUT2D eigenvalue weighted by molar-refractivity contribution is 5.28. The summed E-state index contributed by atoms with van der Waals surface area (Å²) in [5.41, 5.74) is 5.39. The van der Waals surface area contributed by atoms with Gasteiger partial charge in [-0.25, -0.2) is 0 Å². The Hall–Kier alpha value is -1.03. The number of benzene rings is 1. The first-order valence-corrected chi connectivity index (χ1v) is 4.32. The molecule has 2 N–H and O–H groups in total. The van der Waals surface area contributed by atoms with Crippen molar-refractivity contribution < 1.29 is 13.2 Å². The lowest BCUT2D eigenvalue weighted by Gasteiger charge is -2.12. The van der Waals surface area contributed by atoms with Crippen LogP contribution in [0.25, 0.3) is 0 Å². The fourth-order valence-corrected chi connectivity index (χ4v) is 1.16. The van der Waals surface area contributed by atoms with E-state index in [1.807, 2.05) is 0 Å². The Balaban J connectivity index is 3.01. The lowest BCUT2D eigenvalue weighted by molar-refractivity contribution is -0.137. The third-order valence-electron chi connectivity index (χ3n) is 2.14. The standard InChI is InChI=1S/C10H12F3N/c1-7(6-14)8-3-2-4-9(5-8)10(11,12)13/h2-5,7H,6,14H2,1H3. The van der Waals surface area contributed by atoms with E-state index in [9.17, 15) is 13.2 Å². The van der Waals surface area contributed by atoms with Crippen LogP contribution in [0.15, 0.2) is 24.3 Å². The number of halogens is 3. The highest BCUT2D eigenvalue weighted by Gasteiger charge is 2.30. The Kier molecular flexibility index (Phi) is 3.16. The van der Waals surface area contributed by atoms with E-state index >= 15 is 0 Å². The van der Waals surface area contributed by atoms with Crippen molar-refractivity contribution in [2.45, 2.75) is 19.0 Å². The van der Waals surface area contributed by atoms with Gasteiger partial charge in [-0.3, -0.25) is 0 Å². The lowest BCUT2D eigenvalue weighted by Crippen LogP contribution is -2.11. The zero-order valence-electron chi connectivity index (χ0n) is 7.81. The van der Waals surface area contributed by atoms with Crippen molar-refractivity contribution in [2.24, 2.45) is 5.73 Å². The molecule has 1 aromatic carbocycles. The van der Waals surface area contributed by atoms with Crippen LogP contribution in [-0.2, 0) is 6.18 Å². The second-order valence-corrected chi connectivity index (χ2v) is 3.26. The molecule has 0 aromatic heterocycles. The monoisotopic (exact) mass is 203 g/mol. The molecule has 0 aliphatic heterocycles. The number of alkyl halides is 3. The highest BCUT2D eigenvalue weighted by atomic mass is 19.4. The van der Waals surface area contributed by atoms with Gasteiger partial charge < -0.3 is 5.73 Å². The predicted octanol–water partition coefficient (Wildman–Crippen LogP) is 2.77. The van der Waals surface area contributed by atoms with Crippen LogP contribution in [0.3, 0.4) is 0 Å². The van der Waals surface area contributed by atoms with Gasteiger partial charge in [0.2, 0.25) is 0 Å². The first-order valence-electron chi connectivity index (χ1n) is 4.32. The molecule has 1 rings (SSSR count). The molecule has 0 saturated heterocycles. The van der Waals surface area contributed by atoms with Crippen molar-refractivity contribution in [1.82, 2.24) is 0 Å².